The molecule has 118 valence electrons. The Morgan fingerprint density at radius 3 is 2.64 bits per heavy atom. The number of methoxy groups -OCH3 is 1. The van der Waals surface area contributed by atoms with Crippen LogP contribution >= 0.6 is 0 Å². The topological polar surface area (TPSA) is 30.5 Å². The molecule has 0 bridgehead atoms. The van der Waals surface area contributed by atoms with Gasteiger partial charge in [-0.15, -0.1) is 0 Å². The number of ether oxygens (including phenoxy) is 2. The zero-order valence-electron chi connectivity index (χ0n) is 13.5. The van der Waals surface area contributed by atoms with Crippen LogP contribution in [0.4, 0.5) is 0 Å². The van der Waals surface area contributed by atoms with Gasteiger partial charge in [0.2, 0.25) is 0 Å². The van der Waals surface area contributed by atoms with E-state index in [0.717, 1.165) is 31.9 Å². The average Bonchev–Trinajstić information content (AvgIpc) is 2.53. The van der Waals surface area contributed by atoms with Gasteiger partial charge < -0.3 is 14.8 Å². The number of hydrogen-bond acceptors (Lipinski definition) is 3. The molecule has 0 fully saturated rings. The van der Waals surface area contributed by atoms with Crippen molar-refractivity contribution in [3.63, 3.8) is 0 Å². The summed E-state index contributed by atoms with van der Waals surface area (Å²) in [5.41, 5.74) is 3.69. The molecule has 0 saturated carbocycles. The van der Waals surface area contributed by atoms with E-state index >= 15 is 0 Å². The van der Waals surface area contributed by atoms with Gasteiger partial charge in [-0.2, -0.15) is 0 Å². The third-order valence-corrected chi connectivity index (χ3v) is 3.42. The second-order valence-corrected chi connectivity index (χ2v) is 5.45. The summed E-state index contributed by atoms with van der Waals surface area (Å²) in [7, 11) is 1.73. The van der Waals surface area contributed by atoms with E-state index in [1.165, 1.54) is 16.7 Å². The Morgan fingerprint density at radius 1 is 1.00 bits per heavy atom. The fourth-order valence-corrected chi connectivity index (χ4v) is 2.29. The van der Waals surface area contributed by atoms with Gasteiger partial charge in [-0.25, -0.2) is 0 Å². The van der Waals surface area contributed by atoms with E-state index in [9.17, 15) is 0 Å². The Balaban J connectivity index is 1.80. The van der Waals surface area contributed by atoms with Gasteiger partial charge in [0.15, 0.2) is 0 Å². The number of aryl methyl sites for hydroxylation is 1. The molecule has 0 unspecified atom stereocenters. The van der Waals surface area contributed by atoms with E-state index in [1.807, 2.05) is 12.1 Å². The van der Waals surface area contributed by atoms with E-state index in [0.29, 0.717) is 6.61 Å². The molecule has 1 N–H and O–H groups in total. The van der Waals surface area contributed by atoms with E-state index in [1.54, 1.807) is 7.11 Å². The van der Waals surface area contributed by atoms with Gasteiger partial charge in [0, 0.05) is 20.3 Å². The van der Waals surface area contributed by atoms with Crippen LogP contribution in [0.5, 0.6) is 5.75 Å². The summed E-state index contributed by atoms with van der Waals surface area (Å²) in [5, 5.41) is 3.41. The summed E-state index contributed by atoms with van der Waals surface area (Å²) >= 11 is 0. The zero-order valence-corrected chi connectivity index (χ0v) is 13.5. The molecule has 3 nitrogen and oxygen atoms in total. The summed E-state index contributed by atoms with van der Waals surface area (Å²) < 4.78 is 10.9. The molecule has 0 radical (unpaired) electrons. The molecule has 2 aromatic rings. The van der Waals surface area contributed by atoms with Gasteiger partial charge in [0.05, 0.1) is 0 Å². The lowest BCUT2D eigenvalue weighted by Gasteiger charge is -2.09. The molecular weight excluding hydrogens is 274 g/mol. The normalized spacial score (nSPS) is 10.6. The van der Waals surface area contributed by atoms with Crippen molar-refractivity contribution in [2.24, 2.45) is 0 Å². The number of hydrogen-bond donors (Lipinski definition) is 1. The molecule has 0 saturated heterocycles. The predicted molar refractivity (Wildman–Crippen MR) is 90.2 cm³/mol. The van der Waals surface area contributed by atoms with Crippen molar-refractivity contribution < 1.29 is 9.47 Å². The third kappa shape index (κ3) is 5.88. The number of rotatable bonds is 9. The van der Waals surface area contributed by atoms with Crippen molar-refractivity contribution in [1.29, 1.82) is 0 Å². The Labute approximate surface area is 133 Å². The molecule has 0 spiro atoms. The highest BCUT2D eigenvalue weighted by atomic mass is 16.5. The number of nitrogens with one attached hydrogen (secondary N) is 1. The molecule has 0 aliphatic carbocycles. The number of benzene rings is 2. The standard InChI is InChI=1S/C19H25NO2/c1-16-6-3-8-18(12-16)15-22-19-9-4-7-17(13-19)14-20-10-5-11-21-2/h3-4,6-9,12-13,20H,5,10-11,14-15H2,1-2H3. The van der Waals surface area contributed by atoms with E-state index < -0.39 is 0 Å². The Hall–Kier alpha value is -1.84. The molecule has 0 aliphatic heterocycles. The molecule has 22 heavy (non-hydrogen) atoms. The maximum absolute atomic E-state index is 5.88. The lowest BCUT2D eigenvalue weighted by molar-refractivity contribution is 0.194. The molecule has 0 aromatic heterocycles. The zero-order chi connectivity index (χ0) is 15.6. The van der Waals surface area contributed by atoms with Gasteiger partial charge in [-0.05, 0) is 43.1 Å². The van der Waals surface area contributed by atoms with E-state index in [2.05, 4.69) is 48.6 Å². The van der Waals surface area contributed by atoms with E-state index in [-0.39, 0.29) is 0 Å². The summed E-state index contributed by atoms with van der Waals surface area (Å²) in [6.07, 6.45) is 1.03. The third-order valence-electron chi connectivity index (χ3n) is 3.42. The molecular formula is C19H25NO2. The van der Waals surface area contributed by atoms with Gasteiger partial charge in [-0.3, -0.25) is 0 Å². The Bertz CT molecular complexity index is 569. The highest BCUT2D eigenvalue weighted by Gasteiger charge is 1.99. The molecule has 3 heteroatoms. The van der Waals surface area contributed by atoms with Crippen LogP contribution in [-0.4, -0.2) is 20.3 Å². The largest absolute Gasteiger partial charge is 0.489 e. The minimum Gasteiger partial charge on any atom is -0.489 e. The van der Waals surface area contributed by atoms with Crippen molar-refractivity contribution in [1.82, 2.24) is 5.32 Å². The first kappa shape index (κ1) is 16.5. The minimum atomic E-state index is 0.604. The van der Waals surface area contributed by atoms with E-state index in [4.69, 9.17) is 9.47 Å². The van der Waals surface area contributed by atoms with Crippen LogP contribution in [0.25, 0.3) is 0 Å². The molecule has 0 aliphatic rings. The van der Waals surface area contributed by atoms with Crippen LogP contribution in [0, 0.1) is 6.92 Å². The summed E-state index contributed by atoms with van der Waals surface area (Å²) in [6, 6.07) is 16.7. The van der Waals surface area contributed by atoms with Crippen molar-refractivity contribution in [2.75, 3.05) is 20.3 Å². The van der Waals surface area contributed by atoms with Gasteiger partial charge in [0.1, 0.15) is 12.4 Å². The van der Waals surface area contributed by atoms with Crippen LogP contribution in [0.1, 0.15) is 23.1 Å². The molecule has 0 heterocycles. The van der Waals surface area contributed by atoms with Crippen LogP contribution in [0.3, 0.4) is 0 Å². The first-order valence-electron chi connectivity index (χ1n) is 7.75. The van der Waals surface area contributed by atoms with Gasteiger partial charge in [-0.1, -0.05) is 42.0 Å². The maximum atomic E-state index is 5.88. The Kier molecular flexibility index (Phi) is 6.94. The maximum Gasteiger partial charge on any atom is 0.120 e. The highest BCUT2D eigenvalue weighted by Crippen LogP contribution is 2.15. The van der Waals surface area contributed by atoms with Crippen molar-refractivity contribution in [2.45, 2.75) is 26.5 Å². The fraction of sp³-hybridized carbons (Fsp3) is 0.368. The van der Waals surface area contributed by atoms with Crippen molar-refractivity contribution >= 4 is 0 Å². The minimum absolute atomic E-state index is 0.604. The van der Waals surface area contributed by atoms with Crippen molar-refractivity contribution in [3.8, 4) is 5.75 Å². The molecule has 2 aromatic carbocycles. The SMILES string of the molecule is COCCCNCc1cccc(OCc2cccc(C)c2)c1. The van der Waals surface area contributed by atoms with Gasteiger partial charge >= 0.3 is 0 Å². The lowest BCUT2D eigenvalue weighted by Crippen LogP contribution is -2.16. The lowest BCUT2D eigenvalue weighted by atomic mass is 10.1. The highest BCUT2D eigenvalue weighted by molar-refractivity contribution is 5.29. The average molecular weight is 299 g/mol. The quantitative estimate of drug-likeness (QED) is 0.716. The molecule has 0 amide bonds. The first-order valence-corrected chi connectivity index (χ1v) is 7.75. The van der Waals surface area contributed by atoms with Crippen molar-refractivity contribution in [3.05, 3.63) is 65.2 Å². The summed E-state index contributed by atoms with van der Waals surface area (Å²) in [4.78, 5) is 0. The second kappa shape index (κ2) is 9.23. The molecule has 2 rings (SSSR count). The fourth-order valence-electron chi connectivity index (χ4n) is 2.29. The van der Waals surface area contributed by atoms with Crippen LogP contribution in [0.2, 0.25) is 0 Å². The van der Waals surface area contributed by atoms with Crippen LogP contribution < -0.4 is 10.1 Å². The monoisotopic (exact) mass is 299 g/mol. The Morgan fingerprint density at radius 2 is 1.82 bits per heavy atom. The predicted octanol–water partition coefficient (Wildman–Crippen LogP) is 3.70. The summed E-state index contributed by atoms with van der Waals surface area (Å²) in [5.74, 6) is 0.915. The summed E-state index contributed by atoms with van der Waals surface area (Å²) in [6.45, 7) is 5.31. The van der Waals surface area contributed by atoms with Crippen LogP contribution in [0.15, 0.2) is 48.5 Å². The van der Waals surface area contributed by atoms with Crippen LogP contribution in [-0.2, 0) is 17.9 Å². The first-order chi connectivity index (χ1) is 10.8. The molecule has 0 atom stereocenters. The second-order valence-electron chi connectivity index (χ2n) is 5.45. The smallest absolute Gasteiger partial charge is 0.120 e. The van der Waals surface area contributed by atoms with Gasteiger partial charge in [0.25, 0.3) is 0 Å².